The molecule has 0 radical (unpaired) electrons. The van der Waals surface area contributed by atoms with Gasteiger partial charge in [-0.25, -0.2) is 0 Å². The standard InChI is InChI=1S/C11H18O/c1-10-8-6-4-3-5-7-9-11(10)12-2/h3,5,8,11H,4,6-7,9H2,1-2H3/b5-3+,10-8+. The largest absolute Gasteiger partial charge is 0.377 e. The maximum atomic E-state index is 5.39. The lowest BCUT2D eigenvalue weighted by atomic mass is 10.1. The van der Waals surface area contributed by atoms with Gasteiger partial charge in [0.15, 0.2) is 0 Å². The van der Waals surface area contributed by atoms with Crippen molar-refractivity contribution in [2.24, 2.45) is 0 Å². The van der Waals surface area contributed by atoms with Crippen LogP contribution in [0.3, 0.4) is 0 Å². The van der Waals surface area contributed by atoms with E-state index in [1.54, 1.807) is 7.11 Å². The van der Waals surface area contributed by atoms with Gasteiger partial charge in [-0.05, 0) is 38.2 Å². The minimum Gasteiger partial charge on any atom is -0.377 e. The fourth-order valence-corrected chi connectivity index (χ4v) is 1.55. The van der Waals surface area contributed by atoms with Crippen molar-refractivity contribution in [1.82, 2.24) is 0 Å². The van der Waals surface area contributed by atoms with E-state index in [1.807, 2.05) is 0 Å². The van der Waals surface area contributed by atoms with Crippen LogP contribution in [0.4, 0.5) is 0 Å². The van der Waals surface area contributed by atoms with Gasteiger partial charge in [0.25, 0.3) is 0 Å². The Morgan fingerprint density at radius 3 is 2.75 bits per heavy atom. The summed E-state index contributed by atoms with van der Waals surface area (Å²) in [5.74, 6) is 0. The van der Waals surface area contributed by atoms with E-state index in [-0.39, 0.29) is 0 Å². The van der Waals surface area contributed by atoms with Gasteiger partial charge in [-0.1, -0.05) is 18.2 Å². The zero-order valence-electron chi connectivity index (χ0n) is 8.05. The van der Waals surface area contributed by atoms with Gasteiger partial charge in [-0.3, -0.25) is 0 Å². The van der Waals surface area contributed by atoms with E-state index < -0.39 is 0 Å². The van der Waals surface area contributed by atoms with Gasteiger partial charge in [-0.2, -0.15) is 0 Å². The van der Waals surface area contributed by atoms with Crippen LogP contribution in [0.15, 0.2) is 23.8 Å². The Kier molecular flexibility index (Phi) is 4.09. The highest BCUT2D eigenvalue weighted by Crippen LogP contribution is 2.15. The summed E-state index contributed by atoms with van der Waals surface area (Å²) in [6.07, 6.45) is 11.8. The average molecular weight is 166 g/mol. The molecule has 0 heterocycles. The van der Waals surface area contributed by atoms with Crippen LogP contribution in [-0.4, -0.2) is 13.2 Å². The van der Waals surface area contributed by atoms with Crippen LogP contribution in [0.25, 0.3) is 0 Å². The van der Waals surface area contributed by atoms with Gasteiger partial charge < -0.3 is 4.74 Å². The molecular formula is C11H18O. The number of methoxy groups -OCH3 is 1. The van der Waals surface area contributed by atoms with Gasteiger partial charge >= 0.3 is 0 Å². The first-order chi connectivity index (χ1) is 5.84. The highest BCUT2D eigenvalue weighted by molar-refractivity contribution is 5.07. The first-order valence-electron chi connectivity index (χ1n) is 4.69. The van der Waals surface area contributed by atoms with Crippen molar-refractivity contribution in [1.29, 1.82) is 0 Å². The smallest absolute Gasteiger partial charge is 0.0781 e. The summed E-state index contributed by atoms with van der Waals surface area (Å²) >= 11 is 0. The monoisotopic (exact) mass is 166 g/mol. The Labute approximate surface area is 75.1 Å². The third-order valence-electron chi connectivity index (χ3n) is 2.35. The van der Waals surface area contributed by atoms with Gasteiger partial charge in [0, 0.05) is 7.11 Å². The van der Waals surface area contributed by atoms with E-state index >= 15 is 0 Å². The van der Waals surface area contributed by atoms with E-state index in [2.05, 4.69) is 25.2 Å². The summed E-state index contributed by atoms with van der Waals surface area (Å²) in [4.78, 5) is 0. The fourth-order valence-electron chi connectivity index (χ4n) is 1.55. The second-order valence-corrected chi connectivity index (χ2v) is 3.30. The molecule has 1 nitrogen and oxygen atoms in total. The van der Waals surface area contributed by atoms with Crippen molar-refractivity contribution in [3.05, 3.63) is 23.8 Å². The predicted octanol–water partition coefficient (Wildman–Crippen LogP) is 3.08. The molecule has 1 rings (SSSR count). The SMILES string of the molecule is COC1CC/C=C/CC/C=C/1C. The van der Waals surface area contributed by atoms with Crippen LogP contribution in [0.2, 0.25) is 0 Å². The van der Waals surface area contributed by atoms with Crippen LogP contribution in [-0.2, 0) is 4.74 Å². The maximum Gasteiger partial charge on any atom is 0.0781 e. The Morgan fingerprint density at radius 1 is 1.25 bits per heavy atom. The third kappa shape index (κ3) is 2.82. The summed E-state index contributed by atoms with van der Waals surface area (Å²) in [7, 11) is 1.80. The fraction of sp³-hybridized carbons (Fsp3) is 0.636. The maximum absolute atomic E-state index is 5.39. The van der Waals surface area contributed by atoms with Crippen molar-refractivity contribution >= 4 is 0 Å². The lowest BCUT2D eigenvalue weighted by molar-refractivity contribution is 0.125. The quantitative estimate of drug-likeness (QED) is 0.544. The number of ether oxygens (including phenoxy) is 1. The Balaban J connectivity index is 2.57. The third-order valence-corrected chi connectivity index (χ3v) is 2.35. The Bertz CT molecular complexity index is 179. The molecule has 0 amide bonds. The molecule has 12 heavy (non-hydrogen) atoms. The number of allylic oxidation sites excluding steroid dienone is 3. The molecule has 1 aliphatic carbocycles. The molecule has 0 N–H and O–H groups in total. The van der Waals surface area contributed by atoms with E-state index in [0.717, 1.165) is 19.3 Å². The zero-order valence-corrected chi connectivity index (χ0v) is 8.05. The molecule has 68 valence electrons. The minimum atomic E-state index is 0.341. The molecule has 1 atom stereocenters. The highest BCUT2D eigenvalue weighted by atomic mass is 16.5. The molecule has 0 saturated carbocycles. The van der Waals surface area contributed by atoms with Crippen molar-refractivity contribution in [3.63, 3.8) is 0 Å². The number of rotatable bonds is 1. The molecule has 0 saturated heterocycles. The Morgan fingerprint density at radius 2 is 2.00 bits per heavy atom. The molecule has 0 aromatic heterocycles. The van der Waals surface area contributed by atoms with Crippen molar-refractivity contribution < 1.29 is 4.74 Å². The van der Waals surface area contributed by atoms with E-state index in [1.165, 1.54) is 12.0 Å². The van der Waals surface area contributed by atoms with E-state index in [9.17, 15) is 0 Å². The molecule has 0 aliphatic heterocycles. The zero-order chi connectivity index (χ0) is 8.81. The van der Waals surface area contributed by atoms with Crippen molar-refractivity contribution in [2.75, 3.05) is 7.11 Å². The van der Waals surface area contributed by atoms with Crippen molar-refractivity contribution in [3.8, 4) is 0 Å². The second kappa shape index (κ2) is 5.15. The molecule has 0 aromatic carbocycles. The summed E-state index contributed by atoms with van der Waals surface area (Å²) in [5, 5.41) is 0. The van der Waals surface area contributed by atoms with Gasteiger partial charge in [0.2, 0.25) is 0 Å². The highest BCUT2D eigenvalue weighted by Gasteiger charge is 2.08. The first-order valence-corrected chi connectivity index (χ1v) is 4.69. The number of hydrogen-bond acceptors (Lipinski definition) is 1. The Hall–Kier alpha value is -0.560. The van der Waals surface area contributed by atoms with Gasteiger partial charge in [-0.15, -0.1) is 0 Å². The average Bonchev–Trinajstić information content (AvgIpc) is 2.17. The van der Waals surface area contributed by atoms with Crippen molar-refractivity contribution in [2.45, 2.75) is 38.7 Å². The van der Waals surface area contributed by atoms with Crippen LogP contribution in [0, 0.1) is 0 Å². The van der Waals surface area contributed by atoms with E-state index in [4.69, 9.17) is 4.74 Å². The summed E-state index contributed by atoms with van der Waals surface area (Å²) in [5.41, 5.74) is 1.39. The lowest BCUT2D eigenvalue weighted by Crippen LogP contribution is -2.11. The number of hydrogen-bond donors (Lipinski definition) is 0. The van der Waals surface area contributed by atoms with Crippen LogP contribution < -0.4 is 0 Å². The molecule has 1 heteroatoms. The van der Waals surface area contributed by atoms with Gasteiger partial charge in [0.1, 0.15) is 0 Å². The second-order valence-electron chi connectivity index (χ2n) is 3.30. The normalized spacial score (nSPS) is 32.5. The predicted molar refractivity (Wildman–Crippen MR) is 52.2 cm³/mol. The molecular weight excluding hydrogens is 148 g/mol. The molecule has 1 unspecified atom stereocenters. The topological polar surface area (TPSA) is 9.23 Å². The van der Waals surface area contributed by atoms with Crippen LogP contribution >= 0.6 is 0 Å². The molecule has 0 bridgehead atoms. The molecule has 1 aliphatic rings. The summed E-state index contributed by atoms with van der Waals surface area (Å²) in [6.45, 7) is 2.17. The summed E-state index contributed by atoms with van der Waals surface area (Å²) in [6, 6.07) is 0. The summed E-state index contributed by atoms with van der Waals surface area (Å²) < 4.78 is 5.39. The van der Waals surface area contributed by atoms with Crippen LogP contribution in [0.5, 0.6) is 0 Å². The van der Waals surface area contributed by atoms with E-state index in [0.29, 0.717) is 6.10 Å². The lowest BCUT2D eigenvalue weighted by Gasteiger charge is -2.14. The van der Waals surface area contributed by atoms with Gasteiger partial charge in [0.05, 0.1) is 6.10 Å². The molecule has 0 aromatic rings. The molecule has 0 fully saturated rings. The van der Waals surface area contributed by atoms with Crippen LogP contribution in [0.1, 0.15) is 32.6 Å². The minimum absolute atomic E-state index is 0.341. The first kappa shape index (κ1) is 9.53. The molecule has 0 spiro atoms.